The fourth-order valence-electron chi connectivity index (χ4n) is 1.63. The van der Waals surface area contributed by atoms with E-state index in [2.05, 4.69) is 59.3 Å². The van der Waals surface area contributed by atoms with Gasteiger partial charge in [0.25, 0.3) is 0 Å². The summed E-state index contributed by atoms with van der Waals surface area (Å²) in [6.45, 7) is 0. The Kier molecular flexibility index (Phi) is 2.60. The third kappa shape index (κ3) is 1.94. The van der Waals surface area contributed by atoms with Crippen LogP contribution in [0.5, 0.6) is 0 Å². The molecular weight excluding hydrogens is 232 g/mol. The van der Waals surface area contributed by atoms with Crippen LogP contribution in [0, 0.1) is 0 Å². The first-order chi connectivity index (χ1) is 7.92. The van der Waals surface area contributed by atoms with E-state index in [4.69, 9.17) is 0 Å². The molecule has 0 bridgehead atoms. The molecule has 3 aromatic rings. The summed E-state index contributed by atoms with van der Waals surface area (Å²) in [5.74, 6) is 0. The molecule has 1 aromatic carbocycles. The lowest BCUT2D eigenvalue weighted by Gasteiger charge is -1.83. The zero-order valence-corrected chi connectivity index (χ0v) is 10.2. The van der Waals surface area contributed by atoms with Gasteiger partial charge in [-0.2, -0.15) is 11.3 Å². The van der Waals surface area contributed by atoms with Gasteiger partial charge in [-0.1, -0.05) is 24.3 Å². The second-order valence-corrected chi connectivity index (χ2v) is 5.47. The molecule has 2 heterocycles. The van der Waals surface area contributed by atoms with Gasteiger partial charge in [0, 0.05) is 9.58 Å². The number of hydrogen-bond acceptors (Lipinski definition) is 2. The second-order valence-electron chi connectivity index (χ2n) is 3.58. The monoisotopic (exact) mass is 242 g/mol. The van der Waals surface area contributed by atoms with Crippen LogP contribution in [-0.2, 0) is 0 Å². The molecule has 0 nitrogen and oxygen atoms in total. The first-order valence-corrected chi connectivity index (χ1v) is 6.87. The fraction of sp³-hybridized carbons (Fsp3) is 0. The minimum atomic E-state index is 1.28. The summed E-state index contributed by atoms with van der Waals surface area (Å²) in [5, 5.41) is 5.59. The summed E-state index contributed by atoms with van der Waals surface area (Å²) >= 11 is 3.57. The average Bonchev–Trinajstić information content (AvgIpc) is 2.95. The van der Waals surface area contributed by atoms with Crippen LogP contribution in [0.3, 0.4) is 0 Å². The molecule has 0 saturated heterocycles. The molecule has 78 valence electrons. The third-order valence-corrected chi connectivity index (χ3v) is 4.21. The Bertz CT molecular complexity index is 582. The van der Waals surface area contributed by atoms with Crippen LogP contribution in [0.25, 0.3) is 22.2 Å². The van der Waals surface area contributed by atoms with Crippen LogP contribution in [0.2, 0.25) is 0 Å². The van der Waals surface area contributed by atoms with Crippen LogP contribution < -0.4 is 0 Å². The minimum absolute atomic E-state index is 1.28. The number of fused-ring (bicyclic) bond motifs is 1. The van der Waals surface area contributed by atoms with E-state index in [0.717, 1.165) is 0 Å². The van der Waals surface area contributed by atoms with Crippen molar-refractivity contribution < 1.29 is 0 Å². The molecule has 16 heavy (non-hydrogen) atoms. The van der Waals surface area contributed by atoms with E-state index >= 15 is 0 Å². The molecule has 0 aliphatic rings. The predicted molar refractivity (Wildman–Crippen MR) is 75.1 cm³/mol. The Hall–Kier alpha value is -1.38. The standard InChI is InChI=1S/C14H10S2/c1-2-4-14-12(3-1)9-13(16-14)6-5-11-7-8-15-10-11/h1-10H/b6-5+. The second kappa shape index (κ2) is 4.24. The highest BCUT2D eigenvalue weighted by Crippen LogP contribution is 2.26. The molecule has 2 heteroatoms. The van der Waals surface area contributed by atoms with E-state index in [1.807, 2.05) is 11.3 Å². The van der Waals surface area contributed by atoms with E-state index in [1.54, 1.807) is 11.3 Å². The third-order valence-electron chi connectivity index (χ3n) is 2.43. The van der Waals surface area contributed by atoms with Crippen molar-refractivity contribution in [2.75, 3.05) is 0 Å². The maximum absolute atomic E-state index is 2.24. The van der Waals surface area contributed by atoms with Gasteiger partial charge in [0.05, 0.1) is 0 Å². The normalized spacial score (nSPS) is 11.5. The highest BCUT2D eigenvalue weighted by atomic mass is 32.1. The van der Waals surface area contributed by atoms with Gasteiger partial charge in [-0.3, -0.25) is 0 Å². The number of thiophene rings is 2. The van der Waals surface area contributed by atoms with E-state index in [9.17, 15) is 0 Å². The number of benzene rings is 1. The Morgan fingerprint density at radius 3 is 2.75 bits per heavy atom. The smallest absolute Gasteiger partial charge is 0.0349 e. The SMILES string of the molecule is C(=C\c1cc2ccccc2s1)/c1ccsc1. The van der Waals surface area contributed by atoms with Crippen LogP contribution in [0.4, 0.5) is 0 Å². The van der Waals surface area contributed by atoms with Gasteiger partial charge in [-0.15, -0.1) is 11.3 Å². The number of hydrogen-bond donors (Lipinski definition) is 0. The molecule has 0 amide bonds. The topological polar surface area (TPSA) is 0 Å². The summed E-state index contributed by atoms with van der Waals surface area (Å²) in [6.07, 6.45) is 4.36. The van der Waals surface area contributed by atoms with Crippen molar-refractivity contribution in [3.63, 3.8) is 0 Å². The maximum atomic E-state index is 2.24. The zero-order valence-electron chi connectivity index (χ0n) is 8.59. The van der Waals surface area contributed by atoms with Crippen molar-refractivity contribution >= 4 is 44.9 Å². The van der Waals surface area contributed by atoms with Crippen LogP contribution >= 0.6 is 22.7 Å². The van der Waals surface area contributed by atoms with Gasteiger partial charge in [-0.25, -0.2) is 0 Å². The Labute approximate surface area is 102 Å². The van der Waals surface area contributed by atoms with Crippen LogP contribution in [0.15, 0.2) is 47.2 Å². The van der Waals surface area contributed by atoms with Crippen molar-refractivity contribution in [1.82, 2.24) is 0 Å². The molecule has 0 unspecified atom stereocenters. The molecule has 0 atom stereocenters. The van der Waals surface area contributed by atoms with Gasteiger partial charge in [-0.05, 0) is 46.0 Å². The van der Waals surface area contributed by atoms with Crippen molar-refractivity contribution in [3.8, 4) is 0 Å². The Balaban J connectivity index is 1.95. The van der Waals surface area contributed by atoms with Crippen molar-refractivity contribution in [1.29, 1.82) is 0 Å². The van der Waals surface area contributed by atoms with Gasteiger partial charge in [0.1, 0.15) is 0 Å². The molecule has 2 aromatic heterocycles. The van der Waals surface area contributed by atoms with E-state index in [1.165, 1.54) is 20.5 Å². The van der Waals surface area contributed by atoms with Crippen molar-refractivity contribution in [3.05, 3.63) is 57.6 Å². The summed E-state index contributed by atoms with van der Waals surface area (Å²) in [5.41, 5.74) is 1.28. The Morgan fingerprint density at radius 1 is 1.00 bits per heavy atom. The molecule has 0 aliphatic carbocycles. The summed E-state index contributed by atoms with van der Waals surface area (Å²) in [4.78, 5) is 1.31. The zero-order chi connectivity index (χ0) is 10.8. The molecule has 0 aliphatic heterocycles. The molecule has 0 saturated carbocycles. The number of rotatable bonds is 2. The van der Waals surface area contributed by atoms with Crippen LogP contribution in [-0.4, -0.2) is 0 Å². The Morgan fingerprint density at radius 2 is 1.94 bits per heavy atom. The molecule has 0 spiro atoms. The quantitative estimate of drug-likeness (QED) is 0.584. The van der Waals surface area contributed by atoms with Crippen molar-refractivity contribution in [2.24, 2.45) is 0 Å². The summed E-state index contributed by atoms with van der Waals surface area (Å²) in [6, 6.07) is 12.9. The van der Waals surface area contributed by atoms with E-state index < -0.39 is 0 Å². The van der Waals surface area contributed by atoms with E-state index in [-0.39, 0.29) is 0 Å². The van der Waals surface area contributed by atoms with Gasteiger partial charge in [0.15, 0.2) is 0 Å². The maximum Gasteiger partial charge on any atom is 0.0349 e. The lowest BCUT2D eigenvalue weighted by Crippen LogP contribution is -1.60. The van der Waals surface area contributed by atoms with Gasteiger partial charge in [0.2, 0.25) is 0 Å². The average molecular weight is 242 g/mol. The van der Waals surface area contributed by atoms with Gasteiger partial charge < -0.3 is 0 Å². The summed E-state index contributed by atoms with van der Waals surface area (Å²) in [7, 11) is 0. The first-order valence-electron chi connectivity index (χ1n) is 5.11. The van der Waals surface area contributed by atoms with E-state index in [0.29, 0.717) is 0 Å². The minimum Gasteiger partial charge on any atom is -0.152 e. The fourth-order valence-corrected chi connectivity index (χ4v) is 3.23. The molecule has 0 fully saturated rings. The highest BCUT2D eigenvalue weighted by molar-refractivity contribution is 7.19. The van der Waals surface area contributed by atoms with Crippen molar-refractivity contribution in [2.45, 2.75) is 0 Å². The first kappa shape index (κ1) is 9.82. The molecular formula is C14H10S2. The summed E-state index contributed by atoms with van der Waals surface area (Å²) < 4.78 is 1.35. The largest absolute Gasteiger partial charge is 0.152 e. The highest BCUT2D eigenvalue weighted by Gasteiger charge is 1.97. The van der Waals surface area contributed by atoms with Crippen LogP contribution in [0.1, 0.15) is 10.4 Å². The predicted octanol–water partition coefficient (Wildman–Crippen LogP) is 5.13. The molecule has 0 N–H and O–H groups in total. The molecule has 0 radical (unpaired) electrons. The lowest BCUT2D eigenvalue weighted by molar-refractivity contribution is 1.85. The van der Waals surface area contributed by atoms with Gasteiger partial charge >= 0.3 is 0 Å². The lowest BCUT2D eigenvalue weighted by atomic mass is 10.2. The molecule has 3 rings (SSSR count).